The Kier molecular flexibility index (Phi) is 5.41. The molecular formula is C14H24N4O2S. The predicted molar refractivity (Wildman–Crippen MR) is 86.0 cm³/mol. The van der Waals surface area contributed by atoms with Crippen LogP contribution >= 0.6 is 11.3 Å². The summed E-state index contributed by atoms with van der Waals surface area (Å²) in [5, 5.41) is 0.865. The van der Waals surface area contributed by atoms with E-state index in [1.165, 1.54) is 24.2 Å². The van der Waals surface area contributed by atoms with E-state index in [1.807, 2.05) is 13.8 Å². The minimum atomic E-state index is -0.0532. The van der Waals surface area contributed by atoms with Crippen LogP contribution in [-0.4, -0.2) is 55.2 Å². The molecule has 21 heavy (non-hydrogen) atoms. The summed E-state index contributed by atoms with van der Waals surface area (Å²) in [6.07, 6.45) is 2.35. The highest BCUT2D eigenvalue weighted by Crippen LogP contribution is 2.31. The number of nitrogen functional groups attached to an aromatic ring is 1. The van der Waals surface area contributed by atoms with Gasteiger partial charge in [0.25, 0.3) is 5.91 Å². The molecule has 1 fully saturated rings. The Morgan fingerprint density at radius 1 is 1.48 bits per heavy atom. The molecule has 1 aliphatic rings. The van der Waals surface area contributed by atoms with Gasteiger partial charge in [-0.15, -0.1) is 0 Å². The van der Waals surface area contributed by atoms with Crippen molar-refractivity contribution < 1.29 is 9.53 Å². The molecule has 1 saturated heterocycles. The highest BCUT2D eigenvalue weighted by atomic mass is 32.1. The first-order valence-electron chi connectivity index (χ1n) is 7.35. The van der Waals surface area contributed by atoms with E-state index in [0.717, 1.165) is 18.2 Å². The van der Waals surface area contributed by atoms with Gasteiger partial charge in [0, 0.05) is 32.8 Å². The van der Waals surface area contributed by atoms with E-state index in [4.69, 9.17) is 10.5 Å². The van der Waals surface area contributed by atoms with E-state index < -0.39 is 0 Å². The Morgan fingerprint density at radius 3 is 2.71 bits per heavy atom. The lowest BCUT2D eigenvalue weighted by molar-refractivity contribution is 0.0640. The molecule has 0 aromatic carbocycles. The Bertz CT molecular complexity index is 483. The number of nitrogens with two attached hydrogens (primary N) is 1. The molecule has 0 aliphatic carbocycles. The third-order valence-electron chi connectivity index (χ3n) is 3.63. The average molecular weight is 312 g/mol. The summed E-state index contributed by atoms with van der Waals surface area (Å²) < 4.78 is 5.08. The lowest BCUT2D eigenvalue weighted by Gasteiger charge is -2.25. The average Bonchev–Trinajstić information content (AvgIpc) is 3.07. The normalized spacial score (nSPS) is 15.0. The minimum absolute atomic E-state index is 0.0532. The zero-order valence-corrected chi connectivity index (χ0v) is 13.8. The molecule has 118 valence electrons. The lowest BCUT2D eigenvalue weighted by atomic mass is 10.3. The van der Waals surface area contributed by atoms with Gasteiger partial charge in [-0.25, -0.2) is 4.98 Å². The Labute approximate surface area is 129 Å². The number of thiazole rings is 1. The third kappa shape index (κ3) is 3.65. The molecule has 1 aromatic rings. The SMILES string of the molecule is COCCN(C(=O)c1sc(N2CCCC2)nc1N)C(C)C. The van der Waals surface area contributed by atoms with Crippen LogP contribution in [0.3, 0.4) is 0 Å². The molecule has 0 atom stereocenters. The number of aromatic nitrogens is 1. The van der Waals surface area contributed by atoms with Crippen molar-refractivity contribution in [3.05, 3.63) is 4.88 Å². The highest BCUT2D eigenvalue weighted by Gasteiger charge is 2.26. The fourth-order valence-corrected chi connectivity index (χ4v) is 3.42. The number of amides is 1. The van der Waals surface area contributed by atoms with E-state index in [1.54, 1.807) is 12.0 Å². The fraction of sp³-hybridized carbons (Fsp3) is 0.714. The topological polar surface area (TPSA) is 71.7 Å². The largest absolute Gasteiger partial charge is 0.383 e. The molecule has 2 rings (SSSR count). The van der Waals surface area contributed by atoms with Crippen molar-refractivity contribution in [2.45, 2.75) is 32.7 Å². The van der Waals surface area contributed by atoms with Crippen molar-refractivity contribution in [1.82, 2.24) is 9.88 Å². The quantitative estimate of drug-likeness (QED) is 0.867. The van der Waals surface area contributed by atoms with Gasteiger partial charge in [0.15, 0.2) is 5.13 Å². The number of methoxy groups -OCH3 is 1. The third-order valence-corrected chi connectivity index (χ3v) is 4.75. The summed E-state index contributed by atoms with van der Waals surface area (Å²) in [7, 11) is 1.63. The molecule has 1 amide bonds. The van der Waals surface area contributed by atoms with Crippen LogP contribution in [0.2, 0.25) is 0 Å². The maximum atomic E-state index is 12.7. The zero-order valence-electron chi connectivity index (χ0n) is 13.0. The number of carbonyl (C=O) groups excluding carboxylic acids is 1. The van der Waals surface area contributed by atoms with E-state index in [2.05, 4.69) is 9.88 Å². The first kappa shape index (κ1) is 16.0. The monoisotopic (exact) mass is 312 g/mol. The first-order valence-corrected chi connectivity index (χ1v) is 8.17. The van der Waals surface area contributed by atoms with Gasteiger partial charge in [-0.1, -0.05) is 11.3 Å². The van der Waals surface area contributed by atoms with Gasteiger partial charge < -0.3 is 20.3 Å². The maximum Gasteiger partial charge on any atom is 0.268 e. The molecule has 0 unspecified atom stereocenters. The van der Waals surface area contributed by atoms with E-state index in [-0.39, 0.29) is 11.9 Å². The smallest absolute Gasteiger partial charge is 0.268 e. The van der Waals surface area contributed by atoms with Gasteiger partial charge in [0.05, 0.1) is 6.61 Å². The number of nitrogens with zero attached hydrogens (tertiary/aromatic N) is 3. The lowest BCUT2D eigenvalue weighted by Crippen LogP contribution is -2.39. The summed E-state index contributed by atoms with van der Waals surface area (Å²) in [5.41, 5.74) is 5.97. The molecule has 1 aromatic heterocycles. The second kappa shape index (κ2) is 7.09. The molecule has 0 saturated carbocycles. The molecule has 1 aliphatic heterocycles. The number of carbonyl (C=O) groups is 1. The molecule has 0 bridgehead atoms. The fourth-order valence-electron chi connectivity index (χ4n) is 2.43. The van der Waals surface area contributed by atoms with Gasteiger partial charge in [-0.05, 0) is 26.7 Å². The van der Waals surface area contributed by atoms with Gasteiger partial charge in [-0.2, -0.15) is 0 Å². The van der Waals surface area contributed by atoms with E-state index in [9.17, 15) is 4.79 Å². The van der Waals surface area contributed by atoms with Crippen LogP contribution in [0.15, 0.2) is 0 Å². The van der Waals surface area contributed by atoms with Crippen molar-refractivity contribution in [2.75, 3.05) is 44.0 Å². The first-order chi connectivity index (χ1) is 10.0. The molecule has 6 nitrogen and oxygen atoms in total. The number of hydrogen-bond donors (Lipinski definition) is 1. The molecule has 2 heterocycles. The number of ether oxygens (including phenoxy) is 1. The Balaban J connectivity index is 2.16. The van der Waals surface area contributed by atoms with Crippen LogP contribution in [0.1, 0.15) is 36.4 Å². The number of rotatable bonds is 6. The standard InChI is InChI=1S/C14H24N4O2S/c1-10(2)18(8-9-20-3)13(19)11-12(15)16-14(21-11)17-6-4-5-7-17/h10H,4-9,15H2,1-3H3. The van der Waals surface area contributed by atoms with E-state index >= 15 is 0 Å². The second-order valence-corrected chi connectivity index (χ2v) is 6.47. The summed E-state index contributed by atoms with van der Waals surface area (Å²) in [6, 6.07) is 0.101. The summed E-state index contributed by atoms with van der Waals surface area (Å²) in [6.45, 7) is 7.06. The predicted octanol–water partition coefficient (Wildman–Crippen LogP) is 1.82. The van der Waals surface area contributed by atoms with Crippen molar-refractivity contribution in [3.8, 4) is 0 Å². The van der Waals surface area contributed by atoms with Crippen LogP contribution in [0.4, 0.5) is 10.9 Å². The van der Waals surface area contributed by atoms with Gasteiger partial charge in [0.2, 0.25) is 0 Å². The van der Waals surface area contributed by atoms with Crippen molar-refractivity contribution in [1.29, 1.82) is 0 Å². The molecule has 0 spiro atoms. The van der Waals surface area contributed by atoms with Crippen molar-refractivity contribution in [2.24, 2.45) is 0 Å². The molecule has 0 radical (unpaired) electrons. The van der Waals surface area contributed by atoms with Crippen LogP contribution in [0, 0.1) is 0 Å². The van der Waals surface area contributed by atoms with Crippen LogP contribution in [0.25, 0.3) is 0 Å². The van der Waals surface area contributed by atoms with Gasteiger partial charge in [-0.3, -0.25) is 4.79 Å². The molecular weight excluding hydrogens is 288 g/mol. The van der Waals surface area contributed by atoms with Gasteiger partial charge >= 0.3 is 0 Å². The van der Waals surface area contributed by atoms with Crippen LogP contribution < -0.4 is 10.6 Å². The molecule has 2 N–H and O–H groups in total. The zero-order chi connectivity index (χ0) is 15.4. The summed E-state index contributed by atoms with van der Waals surface area (Å²) >= 11 is 1.40. The second-order valence-electron chi connectivity index (χ2n) is 5.49. The van der Waals surface area contributed by atoms with Crippen molar-refractivity contribution in [3.63, 3.8) is 0 Å². The highest BCUT2D eigenvalue weighted by molar-refractivity contribution is 7.18. The summed E-state index contributed by atoms with van der Waals surface area (Å²) in [5.74, 6) is 0.289. The van der Waals surface area contributed by atoms with Crippen molar-refractivity contribution >= 4 is 28.2 Å². The minimum Gasteiger partial charge on any atom is -0.383 e. The molecule has 7 heteroatoms. The summed E-state index contributed by atoms with van der Waals surface area (Å²) in [4.78, 5) is 21.6. The number of hydrogen-bond acceptors (Lipinski definition) is 6. The maximum absolute atomic E-state index is 12.7. The Hall–Kier alpha value is -1.34. The van der Waals surface area contributed by atoms with Crippen LogP contribution in [-0.2, 0) is 4.74 Å². The van der Waals surface area contributed by atoms with E-state index in [0.29, 0.717) is 23.8 Å². The Morgan fingerprint density at radius 2 is 2.14 bits per heavy atom. The number of anilines is 2. The van der Waals surface area contributed by atoms with Gasteiger partial charge in [0.1, 0.15) is 10.7 Å². The van der Waals surface area contributed by atoms with Crippen LogP contribution in [0.5, 0.6) is 0 Å².